The van der Waals surface area contributed by atoms with Gasteiger partial charge in [-0.2, -0.15) is 0 Å². The van der Waals surface area contributed by atoms with Crippen LogP contribution in [0.25, 0.3) is 0 Å². The van der Waals surface area contributed by atoms with E-state index < -0.39 is 10.0 Å². The largest absolute Gasteiger partial charge is 0.361 e. The SMILES string of the molecule is CCc1ccccc1NC(=O)CCNS(=O)(=O)c1c(C)[nH]c(C)c1C(=O)N1CCCCC1. The molecule has 8 nitrogen and oxygen atoms in total. The molecule has 0 radical (unpaired) electrons. The Balaban J connectivity index is 1.69. The molecule has 9 heteroatoms. The summed E-state index contributed by atoms with van der Waals surface area (Å²) in [5.41, 5.74) is 2.89. The van der Waals surface area contributed by atoms with Gasteiger partial charge in [-0.15, -0.1) is 0 Å². The molecule has 1 aliphatic heterocycles. The summed E-state index contributed by atoms with van der Waals surface area (Å²) in [4.78, 5) is 30.1. The van der Waals surface area contributed by atoms with Crippen LogP contribution in [0.3, 0.4) is 0 Å². The van der Waals surface area contributed by atoms with Gasteiger partial charge in [-0.1, -0.05) is 25.1 Å². The molecule has 3 rings (SSSR count). The molecule has 0 spiro atoms. The molecule has 32 heavy (non-hydrogen) atoms. The first-order valence-electron chi connectivity index (χ1n) is 11.1. The molecular formula is C23H32N4O4S. The molecule has 1 aromatic carbocycles. The number of rotatable bonds is 8. The van der Waals surface area contributed by atoms with Gasteiger partial charge in [-0.25, -0.2) is 13.1 Å². The van der Waals surface area contributed by atoms with Gasteiger partial charge in [0.1, 0.15) is 4.90 Å². The number of carbonyl (C=O) groups excluding carboxylic acids is 2. The smallest absolute Gasteiger partial charge is 0.257 e. The Morgan fingerprint density at radius 2 is 1.75 bits per heavy atom. The number of nitrogens with one attached hydrogen (secondary N) is 3. The highest BCUT2D eigenvalue weighted by Gasteiger charge is 2.31. The van der Waals surface area contributed by atoms with Crippen molar-refractivity contribution in [1.82, 2.24) is 14.6 Å². The van der Waals surface area contributed by atoms with Crippen LogP contribution in [0, 0.1) is 13.8 Å². The van der Waals surface area contributed by atoms with Crippen LogP contribution in [0.2, 0.25) is 0 Å². The lowest BCUT2D eigenvalue weighted by Gasteiger charge is -2.27. The minimum Gasteiger partial charge on any atom is -0.361 e. The average molecular weight is 461 g/mol. The van der Waals surface area contributed by atoms with E-state index in [-0.39, 0.29) is 35.2 Å². The van der Waals surface area contributed by atoms with Gasteiger partial charge >= 0.3 is 0 Å². The summed E-state index contributed by atoms with van der Waals surface area (Å²) >= 11 is 0. The fourth-order valence-corrected chi connectivity index (χ4v) is 5.62. The topological polar surface area (TPSA) is 111 Å². The lowest BCUT2D eigenvalue weighted by Crippen LogP contribution is -2.37. The molecule has 2 amide bonds. The van der Waals surface area contributed by atoms with Crippen LogP contribution in [0.5, 0.6) is 0 Å². The number of hydrogen-bond acceptors (Lipinski definition) is 4. The molecule has 2 heterocycles. The molecule has 0 saturated carbocycles. The van der Waals surface area contributed by atoms with E-state index >= 15 is 0 Å². The van der Waals surface area contributed by atoms with Crippen molar-refractivity contribution in [2.24, 2.45) is 0 Å². The molecule has 2 aromatic rings. The predicted molar refractivity (Wildman–Crippen MR) is 124 cm³/mol. The molecule has 0 aliphatic carbocycles. The number of H-pyrrole nitrogens is 1. The zero-order valence-electron chi connectivity index (χ0n) is 19.0. The quantitative estimate of drug-likeness (QED) is 0.562. The standard InChI is InChI=1S/C23H32N4O4S/c1-4-18-10-6-7-11-19(18)26-20(28)12-13-24-32(30,31)22-17(3)25-16(2)21(22)23(29)27-14-8-5-9-15-27/h6-7,10-11,24-25H,4-5,8-9,12-15H2,1-3H3,(H,26,28). The van der Waals surface area contributed by atoms with Crippen LogP contribution in [0.15, 0.2) is 29.2 Å². The maximum absolute atomic E-state index is 13.1. The van der Waals surface area contributed by atoms with Crippen LogP contribution in [0.1, 0.15) is 59.9 Å². The van der Waals surface area contributed by atoms with E-state index in [1.54, 1.807) is 18.7 Å². The van der Waals surface area contributed by atoms with Gasteiger partial charge in [-0.05, 0) is 51.2 Å². The summed E-state index contributed by atoms with van der Waals surface area (Å²) in [6.07, 6.45) is 3.68. The van der Waals surface area contributed by atoms with Gasteiger partial charge in [0.2, 0.25) is 15.9 Å². The van der Waals surface area contributed by atoms with E-state index in [2.05, 4.69) is 15.0 Å². The van der Waals surface area contributed by atoms with Crippen LogP contribution in [-0.2, 0) is 21.2 Å². The number of amides is 2. The number of aryl methyl sites for hydroxylation is 3. The Bertz CT molecular complexity index is 1090. The summed E-state index contributed by atoms with van der Waals surface area (Å²) in [5, 5.41) is 2.83. The first-order chi connectivity index (χ1) is 15.2. The number of nitrogens with zero attached hydrogens (tertiary/aromatic N) is 1. The van der Waals surface area contributed by atoms with Crippen LogP contribution >= 0.6 is 0 Å². The van der Waals surface area contributed by atoms with Crippen molar-refractivity contribution in [3.63, 3.8) is 0 Å². The minimum atomic E-state index is -3.97. The minimum absolute atomic E-state index is 0.0187. The van der Waals surface area contributed by atoms with Crippen LogP contribution in [0.4, 0.5) is 5.69 Å². The number of aromatic nitrogens is 1. The normalized spacial score (nSPS) is 14.4. The number of likely N-dealkylation sites (tertiary alicyclic amines) is 1. The lowest BCUT2D eigenvalue weighted by atomic mass is 10.1. The summed E-state index contributed by atoms with van der Waals surface area (Å²) in [5.74, 6) is -0.541. The first-order valence-corrected chi connectivity index (χ1v) is 12.6. The second-order valence-electron chi connectivity index (χ2n) is 8.14. The number of aromatic amines is 1. The Labute approximate surface area is 189 Å². The van der Waals surface area contributed by atoms with Gasteiger partial charge in [0.05, 0.1) is 5.56 Å². The van der Waals surface area contributed by atoms with Crippen molar-refractivity contribution < 1.29 is 18.0 Å². The summed E-state index contributed by atoms with van der Waals surface area (Å²) in [6, 6.07) is 7.52. The number of sulfonamides is 1. The average Bonchev–Trinajstić information content (AvgIpc) is 3.08. The van der Waals surface area contributed by atoms with E-state index in [0.717, 1.165) is 36.9 Å². The number of hydrogen-bond donors (Lipinski definition) is 3. The fourth-order valence-electron chi connectivity index (χ4n) is 4.14. The van der Waals surface area contributed by atoms with Crippen molar-refractivity contribution in [3.8, 4) is 0 Å². The second kappa shape index (κ2) is 10.3. The molecule has 0 atom stereocenters. The van der Waals surface area contributed by atoms with E-state index in [9.17, 15) is 18.0 Å². The number of benzene rings is 1. The second-order valence-corrected chi connectivity index (χ2v) is 9.84. The van der Waals surface area contributed by atoms with Crippen molar-refractivity contribution >= 4 is 27.5 Å². The van der Waals surface area contributed by atoms with Crippen molar-refractivity contribution in [2.45, 2.75) is 57.8 Å². The third-order valence-corrected chi connectivity index (χ3v) is 7.39. The molecule has 1 aromatic heterocycles. The Morgan fingerprint density at radius 3 is 2.44 bits per heavy atom. The van der Waals surface area contributed by atoms with Gasteiger partial charge in [0.15, 0.2) is 0 Å². The summed E-state index contributed by atoms with van der Waals surface area (Å²) in [7, 11) is -3.97. The van der Waals surface area contributed by atoms with E-state index in [4.69, 9.17) is 0 Å². The van der Waals surface area contributed by atoms with E-state index in [1.807, 2.05) is 31.2 Å². The Kier molecular flexibility index (Phi) is 7.73. The third-order valence-electron chi connectivity index (χ3n) is 5.76. The summed E-state index contributed by atoms with van der Waals surface area (Å²) < 4.78 is 28.7. The molecule has 1 fully saturated rings. The highest BCUT2D eigenvalue weighted by Crippen LogP contribution is 2.26. The zero-order valence-corrected chi connectivity index (χ0v) is 19.8. The van der Waals surface area contributed by atoms with Gasteiger partial charge in [0, 0.05) is 43.1 Å². The molecule has 0 unspecified atom stereocenters. The fraction of sp³-hybridized carbons (Fsp3) is 0.478. The van der Waals surface area contributed by atoms with E-state index in [0.29, 0.717) is 24.5 Å². The molecule has 1 aliphatic rings. The van der Waals surface area contributed by atoms with Crippen molar-refractivity contribution in [1.29, 1.82) is 0 Å². The molecule has 174 valence electrons. The molecule has 0 bridgehead atoms. The van der Waals surface area contributed by atoms with Crippen molar-refractivity contribution in [3.05, 3.63) is 46.8 Å². The number of piperidine rings is 1. The predicted octanol–water partition coefficient (Wildman–Crippen LogP) is 3.13. The Hall–Kier alpha value is -2.65. The maximum atomic E-state index is 13.1. The monoisotopic (exact) mass is 460 g/mol. The molecule has 1 saturated heterocycles. The van der Waals surface area contributed by atoms with Crippen LogP contribution in [-0.4, -0.2) is 49.8 Å². The van der Waals surface area contributed by atoms with E-state index in [1.165, 1.54) is 0 Å². The highest BCUT2D eigenvalue weighted by molar-refractivity contribution is 7.89. The first kappa shape index (κ1) is 24.0. The zero-order chi connectivity index (χ0) is 23.3. The highest BCUT2D eigenvalue weighted by atomic mass is 32.2. The molecule has 3 N–H and O–H groups in total. The summed E-state index contributed by atoms with van der Waals surface area (Å²) in [6.45, 7) is 6.56. The third kappa shape index (κ3) is 5.39. The van der Waals surface area contributed by atoms with Crippen molar-refractivity contribution in [2.75, 3.05) is 25.0 Å². The number of anilines is 1. The number of para-hydroxylation sites is 1. The number of carbonyl (C=O) groups is 2. The van der Waals surface area contributed by atoms with Gasteiger partial charge in [0.25, 0.3) is 5.91 Å². The van der Waals surface area contributed by atoms with Crippen LogP contribution < -0.4 is 10.0 Å². The Morgan fingerprint density at radius 1 is 1.06 bits per heavy atom. The molecular weight excluding hydrogens is 428 g/mol. The maximum Gasteiger partial charge on any atom is 0.257 e. The van der Waals surface area contributed by atoms with Gasteiger partial charge < -0.3 is 15.2 Å². The lowest BCUT2D eigenvalue weighted by molar-refractivity contribution is -0.116. The van der Waals surface area contributed by atoms with Gasteiger partial charge in [-0.3, -0.25) is 9.59 Å².